The molecule has 1 aliphatic rings. The molecule has 0 saturated heterocycles. The van der Waals surface area contributed by atoms with Crippen molar-refractivity contribution in [2.24, 2.45) is 7.05 Å². The Morgan fingerprint density at radius 3 is 2.77 bits per heavy atom. The molecule has 0 aliphatic carbocycles. The molecule has 0 saturated carbocycles. The Morgan fingerprint density at radius 1 is 1.25 bits per heavy atom. The van der Waals surface area contributed by atoms with Crippen molar-refractivity contribution >= 4 is 23.1 Å². The maximum absolute atomic E-state index is 9.99. The molecule has 40 heavy (non-hydrogen) atoms. The standard InChI is InChI=1S/C28H38N8O4/c1-8-39-27-19-9-10-21-20-11-22(29-18(4)26(20)31-30-21)25-23(15-38-7)32-35(6)28(25)40-17(3)12-34(5)13-24(19)36(33-27)16(2)14-37/h9-11,16-17,37H,8,12-15H2,1-7H3,(H,30,31)/b10-9+/t16-,17-/m0/s1. The van der Waals surface area contributed by atoms with Gasteiger partial charge >= 0.3 is 0 Å². The first-order valence-corrected chi connectivity index (χ1v) is 13.5. The number of ether oxygens (including phenoxy) is 3. The van der Waals surface area contributed by atoms with Gasteiger partial charge in [0.15, 0.2) is 0 Å². The van der Waals surface area contributed by atoms with Crippen molar-refractivity contribution in [2.75, 3.05) is 33.9 Å². The number of aromatic amines is 1. The van der Waals surface area contributed by atoms with Crippen LogP contribution in [0.3, 0.4) is 0 Å². The summed E-state index contributed by atoms with van der Waals surface area (Å²) in [6.45, 7) is 9.82. The highest BCUT2D eigenvalue weighted by Crippen LogP contribution is 2.36. The second kappa shape index (κ2) is 11.4. The number of fused-ring (bicyclic) bond motifs is 4. The molecule has 0 aromatic carbocycles. The van der Waals surface area contributed by atoms with Crippen molar-refractivity contribution in [3.05, 3.63) is 34.4 Å². The second-order valence-electron chi connectivity index (χ2n) is 10.3. The lowest BCUT2D eigenvalue weighted by Crippen LogP contribution is -2.32. The zero-order valence-electron chi connectivity index (χ0n) is 24.2. The predicted molar refractivity (Wildman–Crippen MR) is 152 cm³/mol. The van der Waals surface area contributed by atoms with Crippen LogP contribution in [0.15, 0.2) is 6.07 Å². The lowest BCUT2D eigenvalue weighted by Gasteiger charge is -2.24. The molecule has 2 N–H and O–H groups in total. The molecule has 2 atom stereocenters. The summed E-state index contributed by atoms with van der Waals surface area (Å²) in [5.41, 5.74) is 6.51. The van der Waals surface area contributed by atoms with Crippen molar-refractivity contribution in [3.8, 4) is 23.0 Å². The van der Waals surface area contributed by atoms with E-state index in [1.165, 1.54) is 0 Å². The second-order valence-corrected chi connectivity index (χ2v) is 10.3. The summed E-state index contributed by atoms with van der Waals surface area (Å²) >= 11 is 0. The number of likely N-dealkylation sites (N-methyl/N-ethyl adjacent to an activating group) is 1. The maximum Gasteiger partial charge on any atom is 0.240 e. The van der Waals surface area contributed by atoms with Crippen LogP contribution in [-0.2, 0) is 24.9 Å². The molecular weight excluding hydrogens is 512 g/mol. The Bertz CT molecular complexity index is 1540. The quantitative estimate of drug-likeness (QED) is 0.371. The minimum absolute atomic E-state index is 0.0417. The summed E-state index contributed by atoms with van der Waals surface area (Å²) in [5.74, 6) is 1.16. The van der Waals surface area contributed by atoms with Gasteiger partial charge in [-0.15, -0.1) is 5.10 Å². The number of hydrogen-bond donors (Lipinski definition) is 2. The van der Waals surface area contributed by atoms with Gasteiger partial charge in [0.2, 0.25) is 11.8 Å². The van der Waals surface area contributed by atoms with Crippen molar-refractivity contribution in [1.82, 2.24) is 39.6 Å². The highest BCUT2D eigenvalue weighted by Gasteiger charge is 2.26. The average molecular weight is 551 g/mol. The summed E-state index contributed by atoms with van der Waals surface area (Å²) in [5, 5.41) is 28.1. The number of hydrogen-bond acceptors (Lipinski definition) is 9. The van der Waals surface area contributed by atoms with Gasteiger partial charge in [-0.25, -0.2) is 4.68 Å². The van der Waals surface area contributed by atoms with Crippen LogP contribution in [0.1, 0.15) is 55.2 Å². The summed E-state index contributed by atoms with van der Waals surface area (Å²) in [6.07, 6.45) is 3.83. The van der Waals surface area contributed by atoms with Gasteiger partial charge in [0.25, 0.3) is 0 Å². The minimum atomic E-state index is -0.221. The number of aliphatic hydroxyl groups excluding tert-OH is 1. The fraction of sp³-hybridized carbons (Fsp3) is 0.500. The van der Waals surface area contributed by atoms with Crippen LogP contribution in [0.5, 0.6) is 11.8 Å². The molecule has 0 radical (unpaired) electrons. The van der Waals surface area contributed by atoms with E-state index in [1.54, 1.807) is 11.8 Å². The number of rotatable bonds is 6. The summed E-state index contributed by atoms with van der Waals surface area (Å²) in [7, 11) is 5.57. The van der Waals surface area contributed by atoms with Gasteiger partial charge in [-0.2, -0.15) is 10.2 Å². The van der Waals surface area contributed by atoms with E-state index in [2.05, 4.69) is 15.1 Å². The van der Waals surface area contributed by atoms with Gasteiger partial charge in [-0.1, -0.05) is 0 Å². The number of aliphatic hydroxyl groups is 1. The third-order valence-electron chi connectivity index (χ3n) is 7.05. The minimum Gasteiger partial charge on any atom is -0.476 e. The number of H-pyrrole nitrogens is 1. The SMILES string of the molecule is CCOc1nn([C@@H](C)CO)c2c1/C=C/c1[nH]nc3c(C)nc(cc13)-c1c(COC)nn(C)c1O[C@@H](C)CN(C)C2. The summed E-state index contributed by atoms with van der Waals surface area (Å²) in [4.78, 5) is 7.08. The van der Waals surface area contributed by atoms with E-state index in [-0.39, 0.29) is 18.8 Å². The van der Waals surface area contributed by atoms with Gasteiger partial charge in [0, 0.05) is 32.6 Å². The molecular formula is C28H38N8O4. The van der Waals surface area contributed by atoms with E-state index in [1.807, 2.05) is 64.7 Å². The van der Waals surface area contributed by atoms with Crippen LogP contribution in [0.25, 0.3) is 34.3 Å². The van der Waals surface area contributed by atoms with Crippen molar-refractivity contribution in [3.63, 3.8) is 0 Å². The van der Waals surface area contributed by atoms with E-state index < -0.39 is 0 Å². The van der Waals surface area contributed by atoms with E-state index in [0.717, 1.165) is 50.5 Å². The Kier molecular flexibility index (Phi) is 7.92. The number of nitrogens with one attached hydrogen (secondary N) is 1. The molecule has 12 nitrogen and oxygen atoms in total. The van der Waals surface area contributed by atoms with Crippen molar-refractivity contribution in [2.45, 2.75) is 53.0 Å². The van der Waals surface area contributed by atoms with Crippen LogP contribution in [0.4, 0.5) is 0 Å². The van der Waals surface area contributed by atoms with Crippen LogP contribution in [-0.4, -0.2) is 84.8 Å². The third-order valence-corrected chi connectivity index (χ3v) is 7.05. The fourth-order valence-electron chi connectivity index (χ4n) is 5.26. The van der Waals surface area contributed by atoms with E-state index in [4.69, 9.17) is 29.4 Å². The lowest BCUT2D eigenvalue weighted by atomic mass is 10.1. The molecule has 214 valence electrons. The highest BCUT2D eigenvalue weighted by atomic mass is 16.5. The average Bonchev–Trinajstić information content (AvgIpc) is 3.56. The number of nitrogens with zero attached hydrogens (tertiary/aromatic N) is 7. The van der Waals surface area contributed by atoms with Crippen molar-refractivity contribution in [1.29, 1.82) is 0 Å². The molecule has 5 heterocycles. The number of aromatic nitrogens is 7. The third kappa shape index (κ3) is 5.09. The molecule has 4 aromatic heterocycles. The monoisotopic (exact) mass is 550 g/mol. The zero-order valence-corrected chi connectivity index (χ0v) is 24.2. The molecule has 4 aromatic rings. The van der Waals surface area contributed by atoms with Crippen LogP contribution in [0, 0.1) is 6.92 Å². The summed E-state index contributed by atoms with van der Waals surface area (Å²) in [6, 6.07) is 1.80. The molecule has 2 bridgehead atoms. The van der Waals surface area contributed by atoms with Gasteiger partial charge in [-0.3, -0.25) is 19.7 Å². The van der Waals surface area contributed by atoms with Gasteiger partial charge in [0.1, 0.15) is 17.3 Å². The van der Waals surface area contributed by atoms with Gasteiger partial charge in [-0.05, 0) is 53.0 Å². The van der Waals surface area contributed by atoms with E-state index in [9.17, 15) is 5.11 Å². The Labute approximate surface area is 233 Å². The first-order valence-electron chi connectivity index (χ1n) is 13.5. The topological polar surface area (TPSA) is 128 Å². The molecule has 0 unspecified atom stereocenters. The molecule has 12 heteroatoms. The van der Waals surface area contributed by atoms with Gasteiger partial charge in [0.05, 0.1) is 59.8 Å². The zero-order chi connectivity index (χ0) is 28.6. The number of pyridine rings is 1. The first-order chi connectivity index (χ1) is 19.2. The number of aryl methyl sites for hydroxylation is 2. The smallest absolute Gasteiger partial charge is 0.240 e. The van der Waals surface area contributed by atoms with Crippen LogP contribution in [0.2, 0.25) is 0 Å². The maximum atomic E-state index is 9.99. The van der Waals surface area contributed by atoms with Crippen LogP contribution < -0.4 is 9.47 Å². The predicted octanol–water partition coefficient (Wildman–Crippen LogP) is 3.34. The summed E-state index contributed by atoms with van der Waals surface area (Å²) < 4.78 is 21.6. The highest BCUT2D eigenvalue weighted by molar-refractivity contribution is 5.93. The molecule has 0 amide bonds. The van der Waals surface area contributed by atoms with Crippen LogP contribution >= 0.6 is 0 Å². The lowest BCUT2D eigenvalue weighted by molar-refractivity contribution is 0.145. The Morgan fingerprint density at radius 2 is 2.05 bits per heavy atom. The first kappa shape index (κ1) is 27.8. The Balaban J connectivity index is 1.75. The largest absolute Gasteiger partial charge is 0.476 e. The normalized spacial score (nSPS) is 17.6. The van der Waals surface area contributed by atoms with E-state index >= 15 is 0 Å². The molecule has 5 rings (SSSR count). The van der Waals surface area contributed by atoms with E-state index in [0.29, 0.717) is 38.1 Å². The fourth-order valence-corrected chi connectivity index (χ4v) is 5.26. The molecule has 0 spiro atoms. The van der Waals surface area contributed by atoms with Gasteiger partial charge < -0.3 is 19.3 Å². The molecule has 0 fully saturated rings. The molecule has 1 aliphatic heterocycles. The van der Waals surface area contributed by atoms with Crippen molar-refractivity contribution < 1.29 is 19.3 Å². The number of methoxy groups -OCH3 is 1. The Hall–Kier alpha value is -3.74.